The van der Waals surface area contributed by atoms with Gasteiger partial charge in [0, 0.05) is 13.0 Å². The van der Waals surface area contributed by atoms with Gasteiger partial charge in [0.1, 0.15) is 5.82 Å². The van der Waals surface area contributed by atoms with Crippen LogP contribution in [0.2, 0.25) is 0 Å². The van der Waals surface area contributed by atoms with E-state index in [9.17, 15) is 17.6 Å². The number of rotatable bonds is 9. The van der Waals surface area contributed by atoms with Crippen LogP contribution in [0.1, 0.15) is 18.4 Å². The maximum absolute atomic E-state index is 13.1. The summed E-state index contributed by atoms with van der Waals surface area (Å²) in [5.41, 5.74) is 1.88. The van der Waals surface area contributed by atoms with Crippen LogP contribution in [0, 0.1) is 12.7 Å². The average Bonchev–Trinajstić information content (AvgIpc) is 3.15. The molecule has 6 nitrogen and oxygen atoms in total. The SMILES string of the molecule is Cc1cccc2sc(N(CCCN(C)C)C(=O)CCS(=O)(=O)c3ccc(F)cc3)nc12. The molecule has 3 rings (SSSR count). The molecule has 3 aromatic rings. The maximum Gasteiger partial charge on any atom is 0.229 e. The lowest BCUT2D eigenvalue weighted by Gasteiger charge is -2.21. The van der Waals surface area contributed by atoms with Gasteiger partial charge in [-0.05, 0) is 69.9 Å². The molecule has 0 radical (unpaired) electrons. The van der Waals surface area contributed by atoms with Gasteiger partial charge in [0.2, 0.25) is 5.91 Å². The molecule has 0 aliphatic carbocycles. The van der Waals surface area contributed by atoms with E-state index in [-0.39, 0.29) is 23.0 Å². The van der Waals surface area contributed by atoms with Gasteiger partial charge in [-0.2, -0.15) is 0 Å². The summed E-state index contributed by atoms with van der Waals surface area (Å²) in [7, 11) is 0.229. The number of aromatic nitrogens is 1. The van der Waals surface area contributed by atoms with E-state index in [4.69, 9.17) is 0 Å². The fraction of sp³-hybridized carbons (Fsp3) is 0.364. The molecule has 2 aromatic carbocycles. The molecule has 0 atom stereocenters. The molecule has 0 spiro atoms. The second kappa shape index (κ2) is 9.84. The molecule has 0 aliphatic heterocycles. The first-order valence-corrected chi connectivity index (χ1v) is 12.4. The molecule has 0 saturated heterocycles. The number of amides is 1. The predicted octanol–water partition coefficient (Wildman–Crippen LogP) is 3.89. The van der Waals surface area contributed by atoms with Crippen molar-refractivity contribution in [3.05, 3.63) is 53.8 Å². The van der Waals surface area contributed by atoms with E-state index in [0.29, 0.717) is 11.7 Å². The van der Waals surface area contributed by atoms with Gasteiger partial charge in [-0.3, -0.25) is 9.69 Å². The van der Waals surface area contributed by atoms with Gasteiger partial charge in [-0.25, -0.2) is 17.8 Å². The molecule has 166 valence electrons. The molecule has 1 aromatic heterocycles. The van der Waals surface area contributed by atoms with Crippen LogP contribution in [0.15, 0.2) is 47.4 Å². The lowest BCUT2D eigenvalue weighted by molar-refractivity contribution is -0.118. The van der Waals surface area contributed by atoms with E-state index in [1.165, 1.54) is 23.5 Å². The fourth-order valence-corrected chi connectivity index (χ4v) is 5.50. The highest BCUT2D eigenvalue weighted by molar-refractivity contribution is 7.91. The van der Waals surface area contributed by atoms with Crippen LogP contribution in [0.3, 0.4) is 0 Å². The summed E-state index contributed by atoms with van der Waals surface area (Å²) < 4.78 is 39.3. The Bertz CT molecular complexity index is 1160. The molecule has 0 bridgehead atoms. The third-order valence-corrected chi connectivity index (χ3v) is 7.66. The minimum atomic E-state index is -3.69. The van der Waals surface area contributed by atoms with E-state index in [1.807, 2.05) is 44.1 Å². The predicted molar refractivity (Wildman–Crippen MR) is 123 cm³/mol. The third kappa shape index (κ3) is 5.87. The highest BCUT2D eigenvalue weighted by atomic mass is 32.2. The summed E-state index contributed by atoms with van der Waals surface area (Å²) in [6.07, 6.45) is 0.564. The van der Waals surface area contributed by atoms with Crippen LogP contribution in [-0.4, -0.2) is 57.1 Å². The minimum Gasteiger partial charge on any atom is -0.309 e. The van der Waals surface area contributed by atoms with Gasteiger partial charge in [0.15, 0.2) is 15.0 Å². The third-order valence-electron chi connectivity index (χ3n) is 4.89. The number of halogens is 1. The van der Waals surface area contributed by atoms with Crippen molar-refractivity contribution in [1.82, 2.24) is 9.88 Å². The lowest BCUT2D eigenvalue weighted by atomic mass is 10.2. The molecule has 1 amide bonds. The van der Waals surface area contributed by atoms with E-state index in [0.717, 1.165) is 40.9 Å². The normalized spacial score (nSPS) is 11.9. The number of benzene rings is 2. The number of anilines is 1. The Labute approximate surface area is 186 Å². The Morgan fingerprint density at radius 3 is 2.45 bits per heavy atom. The fourth-order valence-electron chi connectivity index (χ4n) is 3.18. The van der Waals surface area contributed by atoms with Crippen LogP contribution >= 0.6 is 11.3 Å². The first-order chi connectivity index (χ1) is 14.7. The largest absolute Gasteiger partial charge is 0.309 e. The number of carbonyl (C=O) groups excluding carboxylic acids is 1. The number of nitrogens with zero attached hydrogens (tertiary/aromatic N) is 3. The number of hydrogen-bond donors (Lipinski definition) is 0. The van der Waals surface area contributed by atoms with Crippen LogP contribution in [0.25, 0.3) is 10.2 Å². The molecule has 0 saturated carbocycles. The minimum absolute atomic E-state index is 0.0106. The van der Waals surface area contributed by atoms with Crippen molar-refractivity contribution in [2.75, 3.05) is 37.8 Å². The Balaban J connectivity index is 1.80. The molecule has 0 N–H and O–H groups in total. The van der Waals surface area contributed by atoms with E-state index < -0.39 is 15.7 Å². The van der Waals surface area contributed by atoms with Gasteiger partial charge >= 0.3 is 0 Å². The van der Waals surface area contributed by atoms with Gasteiger partial charge in [0.05, 0.1) is 20.9 Å². The Morgan fingerprint density at radius 2 is 1.81 bits per heavy atom. The Kier molecular flexibility index (Phi) is 7.40. The number of thiazole rings is 1. The summed E-state index contributed by atoms with van der Waals surface area (Å²) in [5, 5.41) is 0.576. The van der Waals surface area contributed by atoms with Crippen LogP contribution in [0.4, 0.5) is 9.52 Å². The number of hydrogen-bond acceptors (Lipinski definition) is 6. The summed E-state index contributed by atoms with van der Waals surface area (Å²) in [6, 6.07) is 10.5. The molecule has 1 heterocycles. The van der Waals surface area contributed by atoms with Crippen LogP contribution in [-0.2, 0) is 14.6 Å². The first kappa shape index (κ1) is 23.3. The first-order valence-electron chi connectivity index (χ1n) is 9.97. The molecule has 9 heteroatoms. The number of sulfone groups is 1. The van der Waals surface area contributed by atoms with Crippen molar-refractivity contribution < 1.29 is 17.6 Å². The second-order valence-electron chi connectivity index (χ2n) is 7.64. The quantitative estimate of drug-likeness (QED) is 0.450. The lowest BCUT2D eigenvalue weighted by Crippen LogP contribution is -2.34. The van der Waals surface area contributed by atoms with Gasteiger partial charge in [-0.15, -0.1) is 0 Å². The van der Waals surface area contributed by atoms with Crippen molar-refractivity contribution in [3.63, 3.8) is 0 Å². The molecule has 0 aliphatic rings. The van der Waals surface area contributed by atoms with Crippen LogP contribution < -0.4 is 4.90 Å². The average molecular weight is 464 g/mol. The zero-order chi connectivity index (χ0) is 22.6. The number of carbonyl (C=O) groups is 1. The maximum atomic E-state index is 13.1. The highest BCUT2D eigenvalue weighted by Gasteiger charge is 2.23. The smallest absolute Gasteiger partial charge is 0.229 e. The Morgan fingerprint density at radius 1 is 1.10 bits per heavy atom. The van der Waals surface area contributed by atoms with Crippen molar-refractivity contribution >= 4 is 42.4 Å². The summed E-state index contributed by atoms with van der Waals surface area (Å²) >= 11 is 1.43. The topological polar surface area (TPSA) is 70.6 Å². The number of para-hydroxylation sites is 1. The van der Waals surface area contributed by atoms with Crippen molar-refractivity contribution in [3.8, 4) is 0 Å². The van der Waals surface area contributed by atoms with E-state index in [1.54, 1.807) is 4.90 Å². The second-order valence-corrected chi connectivity index (χ2v) is 10.8. The van der Waals surface area contributed by atoms with E-state index in [2.05, 4.69) is 4.98 Å². The monoisotopic (exact) mass is 463 g/mol. The summed E-state index contributed by atoms with van der Waals surface area (Å²) in [6.45, 7) is 3.22. The molecule has 0 fully saturated rings. The zero-order valence-electron chi connectivity index (χ0n) is 17.8. The van der Waals surface area contributed by atoms with Crippen LogP contribution in [0.5, 0.6) is 0 Å². The van der Waals surface area contributed by atoms with Crippen molar-refractivity contribution in [2.45, 2.75) is 24.7 Å². The summed E-state index contributed by atoms with van der Waals surface area (Å²) in [5.74, 6) is -1.14. The summed E-state index contributed by atoms with van der Waals surface area (Å²) in [4.78, 5) is 21.4. The Hall–Kier alpha value is -2.36. The van der Waals surface area contributed by atoms with Gasteiger partial charge in [-0.1, -0.05) is 23.5 Å². The van der Waals surface area contributed by atoms with E-state index >= 15 is 0 Å². The molecule has 31 heavy (non-hydrogen) atoms. The number of fused-ring (bicyclic) bond motifs is 1. The zero-order valence-corrected chi connectivity index (χ0v) is 19.5. The molecule has 0 unspecified atom stereocenters. The highest BCUT2D eigenvalue weighted by Crippen LogP contribution is 2.31. The van der Waals surface area contributed by atoms with Gasteiger partial charge in [0.25, 0.3) is 0 Å². The standard InChI is InChI=1S/C22H26FN3O3S2/c1-16-6-4-7-19-21(16)24-22(30-19)26(14-5-13-25(2)3)20(27)12-15-31(28,29)18-10-8-17(23)9-11-18/h4,6-11H,5,12-15H2,1-3H3. The van der Waals surface area contributed by atoms with Crippen molar-refractivity contribution in [2.24, 2.45) is 0 Å². The molecular weight excluding hydrogens is 437 g/mol. The van der Waals surface area contributed by atoms with Gasteiger partial charge < -0.3 is 4.90 Å². The van der Waals surface area contributed by atoms with Crippen molar-refractivity contribution in [1.29, 1.82) is 0 Å². The number of aryl methyl sites for hydroxylation is 1. The molecular formula is C22H26FN3O3S2.